The fourth-order valence-electron chi connectivity index (χ4n) is 1.83. The number of methoxy groups -OCH3 is 1. The summed E-state index contributed by atoms with van der Waals surface area (Å²) in [7, 11) is 1.59. The minimum Gasteiger partial charge on any atom is -0.359 e. The zero-order valence-electron chi connectivity index (χ0n) is 9.48. The molecule has 1 aliphatic rings. The normalized spacial score (nSPS) is 19.6. The van der Waals surface area contributed by atoms with Crippen LogP contribution < -0.4 is 0 Å². The molecule has 5 heteroatoms. The summed E-state index contributed by atoms with van der Waals surface area (Å²) in [4.78, 5) is 20.6. The van der Waals surface area contributed by atoms with Gasteiger partial charge >= 0.3 is 0 Å². The number of hydrogen-bond acceptors (Lipinski definition) is 4. The summed E-state index contributed by atoms with van der Waals surface area (Å²) in [5.74, 6) is -0.576. The van der Waals surface area contributed by atoms with Crippen LogP contribution in [0.25, 0.3) is 0 Å². The summed E-state index contributed by atoms with van der Waals surface area (Å²) in [6.45, 7) is 0.289. The van der Waals surface area contributed by atoms with Gasteiger partial charge in [0, 0.05) is 18.7 Å². The first-order valence-electron chi connectivity index (χ1n) is 5.43. The summed E-state index contributed by atoms with van der Waals surface area (Å²) in [6.07, 6.45) is 5.89. The number of nitrogens with zero attached hydrogens (tertiary/aromatic N) is 1. The number of carbonyl (C=O) groups excluding carboxylic acids is 1. The molecule has 1 amide bonds. The van der Waals surface area contributed by atoms with E-state index < -0.39 is 5.91 Å². The predicted octanol–water partition coefficient (Wildman–Crippen LogP) is 2.16. The fraction of sp³-hybridized carbons (Fsp3) is 0.727. The van der Waals surface area contributed by atoms with Crippen LogP contribution in [0.15, 0.2) is 16.8 Å². The van der Waals surface area contributed by atoms with Crippen molar-refractivity contribution in [2.75, 3.05) is 13.9 Å². The second-order valence-corrected chi connectivity index (χ2v) is 3.76. The Morgan fingerprint density at radius 3 is 3.12 bits per heavy atom. The number of ether oxygens (including phenoxy) is 2. The van der Waals surface area contributed by atoms with Crippen molar-refractivity contribution < 1.29 is 14.3 Å². The van der Waals surface area contributed by atoms with E-state index in [-0.39, 0.29) is 19.3 Å². The number of amides is 1. The number of nitroso groups, excluding NO2 is 1. The lowest BCUT2D eigenvalue weighted by Crippen LogP contribution is -2.14. The van der Waals surface area contributed by atoms with Crippen molar-refractivity contribution >= 4 is 5.91 Å². The van der Waals surface area contributed by atoms with Crippen molar-refractivity contribution in [1.29, 1.82) is 0 Å². The molecule has 1 atom stereocenters. The van der Waals surface area contributed by atoms with E-state index in [9.17, 15) is 9.70 Å². The lowest BCUT2D eigenvalue weighted by Gasteiger charge is -2.15. The van der Waals surface area contributed by atoms with Crippen LogP contribution >= 0.6 is 0 Å². The lowest BCUT2D eigenvalue weighted by atomic mass is 10.1. The summed E-state index contributed by atoms with van der Waals surface area (Å²) < 4.78 is 10.3. The quantitative estimate of drug-likeness (QED) is 0.380. The monoisotopic (exact) mass is 227 g/mol. The molecule has 0 fully saturated rings. The first-order chi connectivity index (χ1) is 7.77. The Balaban J connectivity index is 2.24. The third-order valence-electron chi connectivity index (χ3n) is 2.59. The van der Waals surface area contributed by atoms with Gasteiger partial charge in [-0.25, -0.2) is 0 Å². The van der Waals surface area contributed by atoms with Crippen LogP contribution in [-0.4, -0.2) is 25.9 Å². The Bertz CT molecular complexity index is 275. The first kappa shape index (κ1) is 13.0. The summed E-state index contributed by atoms with van der Waals surface area (Å²) in [5.41, 5.74) is 1.20. The van der Waals surface area contributed by atoms with E-state index in [2.05, 4.69) is 11.3 Å². The molecule has 0 saturated heterocycles. The molecule has 1 unspecified atom stereocenters. The van der Waals surface area contributed by atoms with Gasteiger partial charge in [0.05, 0.1) is 6.10 Å². The summed E-state index contributed by atoms with van der Waals surface area (Å²) >= 11 is 0. The largest absolute Gasteiger partial charge is 0.359 e. The molecule has 0 aromatic carbocycles. The SMILES string of the molecule is COCOC1CCC=C1CCCC(=O)N=O. The molecule has 0 radical (unpaired) electrons. The van der Waals surface area contributed by atoms with E-state index in [0.717, 1.165) is 19.3 Å². The van der Waals surface area contributed by atoms with Crippen molar-refractivity contribution in [2.24, 2.45) is 5.18 Å². The van der Waals surface area contributed by atoms with E-state index in [4.69, 9.17) is 9.47 Å². The zero-order valence-corrected chi connectivity index (χ0v) is 9.48. The van der Waals surface area contributed by atoms with Crippen LogP contribution in [0, 0.1) is 4.91 Å². The fourth-order valence-corrected chi connectivity index (χ4v) is 1.83. The smallest absolute Gasteiger partial charge is 0.286 e. The average molecular weight is 227 g/mol. The molecule has 1 rings (SSSR count). The highest BCUT2D eigenvalue weighted by Crippen LogP contribution is 2.26. The van der Waals surface area contributed by atoms with Gasteiger partial charge in [-0.3, -0.25) is 4.79 Å². The lowest BCUT2D eigenvalue weighted by molar-refractivity contribution is -0.118. The highest BCUT2D eigenvalue weighted by atomic mass is 16.7. The second-order valence-electron chi connectivity index (χ2n) is 3.76. The van der Waals surface area contributed by atoms with Crippen LogP contribution in [0.4, 0.5) is 0 Å². The van der Waals surface area contributed by atoms with Crippen LogP contribution in [-0.2, 0) is 14.3 Å². The summed E-state index contributed by atoms with van der Waals surface area (Å²) in [5, 5.41) is 2.36. The predicted molar refractivity (Wildman–Crippen MR) is 58.7 cm³/mol. The van der Waals surface area contributed by atoms with E-state index in [1.807, 2.05) is 0 Å². The van der Waals surface area contributed by atoms with E-state index >= 15 is 0 Å². The minimum atomic E-state index is -0.576. The van der Waals surface area contributed by atoms with Gasteiger partial charge in [-0.1, -0.05) is 6.08 Å². The van der Waals surface area contributed by atoms with Gasteiger partial charge in [0.1, 0.15) is 6.79 Å². The van der Waals surface area contributed by atoms with Gasteiger partial charge in [0.25, 0.3) is 5.91 Å². The number of carbonyl (C=O) groups is 1. The molecular weight excluding hydrogens is 210 g/mol. The molecule has 0 spiro atoms. The molecule has 0 aromatic heterocycles. The number of rotatable bonds is 7. The van der Waals surface area contributed by atoms with Crippen LogP contribution in [0.3, 0.4) is 0 Å². The van der Waals surface area contributed by atoms with Gasteiger partial charge < -0.3 is 9.47 Å². The summed E-state index contributed by atoms with van der Waals surface area (Å²) in [6, 6.07) is 0. The first-order valence-corrected chi connectivity index (χ1v) is 5.43. The third kappa shape index (κ3) is 4.20. The van der Waals surface area contributed by atoms with Crippen LogP contribution in [0.2, 0.25) is 0 Å². The maximum absolute atomic E-state index is 10.7. The Morgan fingerprint density at radius 1 is 1.62 bits per heavy atom. The van der Waals surface area contributed by atoms with Gasteiger partial charge in [-0.2, -0.15) is 0 Å². The van der Waals surface area contributed by atoms with Crippen molar-refractivity contribution in [3.8, 4) is 0 Å². The number of allylic oxidation sites excluding steroid dienone is 1. The Labute approximate surface area is 94.8 Å². The van der Waals surface area contributed by atoms with E-state index in [1.165, 1.54) is 5.57 Å². The Kier molecular flexibility index (Phi) is 5.88. The van der Waals surface area contributed by atoms with Gasteiger partial charge in [-0.15, -0.1) is 4.91 Å². The van der Waals surface area contributed by atoms with E-state index in [1.54, 1.807) is 7.11 Å². The van der Waals surface area contributed by atoms with Crippen molar-refractivity contribution in [3.63, 3.8) is 0 Å². The highest BCUT2D eigenvalue weighted by Gasteiger charge is 2.19. The van der Waals surface area contributed by atoms with Crippen LogP contribution in [0.1, 0.15) is 32.1 Å². The molecule has 1 aliphatic carbocycles. The molecule has 0 heterocycles. The highest BCUT2D eigenvalue weighted by molar-refractivity contribution is 5.76. The third-order valence-corrected chi connectivity index (χ3v) is 2.59. The van der Waals surface area contributed by atoms with E-state index in [0.29, 0.717) is 6.42 Å². The molecular formula is C11H17NO4. The van der Waals surface area contributed by atoms with Crippen LogP contribution in [0.5, 0.6) is 0 Å². The maximum atomic E-state index is 10.7. The molecule has 90 valence electrons. The average Bonchev–Trinajstić information content (AvgIpc) is 2.73. The van der Waals surface area contributed by atoms with Gasteiger partial charge in [0.15, 0.2) is 0 Å². The molecule has 16 heavy (non-hydrogen) atoms. The van der Waals surface area contributed by atoms with Crippen molar-refractivity contribution in [3.05, 3.63) is 16.6 Å². The molecule has 0 bridgehead atoms. The molecule has 0 aromatic rings. The zero-order chi connectivity index (χ0) is 11.8. The molecule has 0 saturated carbocycles. The molecule has 5 nitrogen and oxygen atoms in total. The number of hydrogen-bond donors (Lipinski definition) is 0. The van der Waals surface area contributed by atoms with Gasteiger partial charge in [-0.05, 0) is 31.3 Å². The standard InChI is InChI=1S/C11H17NO4/c1-15-8-16-10-6-2-4-9(10)5-3-7-11(13)12-14/h4,10H,2-3,5-8H2,1H3. The molecule has 0 aliphatic heterocycles. The second kappa shape index (κ2) is 7.24. The topological polar surface area (TPSA) is 65.0 Å². The van der Waals surface area contributed by atoms with Crippen molar-refractivity contribution in [2.45, 2.75) is 38.2 Å². The maximum Gasteiger partial charge on any atom is 0.286 e. The Hall–Kier alpha value is -1.07. The minimum absolute atomic E-state index is 0.110. The van der Waals surface area contributed by atoms with Gasteiger partial charge in [0.2, 0.25) is 0 Å². The Morgan fingerprint density at radius 2 is 2.44 bits per heavy atom. The molecule has 0 N–H and O–H groups in total. The van der Waals surface area contributed by atoms with Crippen molar-refractivity contribution in [1.82, 2.24) is 0 Å².